The van der Waals surface area contributed by atoms with Crippen LogP contribution in [-0.2, 0) is 16.1 Å². The summed E-state index contributed by atoms with van der Waals surface area (Å²) >= 11 is 0. The molecule has 1 aliphatic rings. The van der Waals surface area contributed by atoms with Gasteiger partial charge in [-0.2, -0.15) is 0 Å². The maximum Gasteiger partial charge on any atom is 0.307 e. The van der Waals surface area contributed by atoms with Crippen LogP contribution in [0, 0.1) is 11.8 Å². The van der Waals surface area contributed by atoms with Gasteiger partial charge in [0.05, 0.1) is 24.6 Å². The van der Waals surface area contributed by atoms with Gasteiger partial charge in [0.15, 0.2) is 0 Å². The van der Waals surface area contributed by atoms with Crippen molar-refractivity contribution in [3.05, 3.63) is 24.2 Å². The molecule has 1 N–H and O–H groups in total. The number of carbonyl (C=O) groups is 2. The van der Waals surface area contributed by atoms with E-state index < -0.39 is 11.9 Å². The molecule has 1 aromatic rings. The van der Waals surface area contributed by atoms with Crippen LogP contribution in [0.1, 0.15) is 19.1 Å². The quantitative estimate of drug-likeness (QED) is 0.839. The van der Waals surface area contributed by atoms with Crippen molar-refractivity contribution in [1.82, 2.24) is 4.90 Å². The summed E-state index contributed by atoms with van der Waals surface area (Å²) in [6, 6.07) is 3.57. The van der Waals surface area contributed by atoms with Gasteiger partial charge in [-0.25, -0.2) is 0 Å². The minimum absolute atomic E-state index is 0.0868. The van der Waals surface area contributed by atoms with Gasteiger partial charge in [0.25, 0.3) is 0 Å². The molecule has 5 heteroatoms. The molecule has 1 aromatic heterocycles. The Morgan fingerprint density at radius 1 is 1.53 bits per heavy atom. The first-order valence-corrected chi connectivity index (χ1v) is 5.67. The van der Waals surface area contributed by atoms with E-state index in [1.165, 1.54) is 0 Å². The maximum atomic E-state index is 12.0. The van der Waals surface area contributed by atoms with Crippen molar-refractivity contribution in [2.75, 3.05) is 6.54 Å². The smallest absolute Gasteiger partial charge is 0.307 e. The Hall–Kier alpha value is -1.78. The van der Waals surface area contributed by atoms with Crippen molar-refractivity contribution in [3.63, 3.8) is 0 Å². The third kappa shape index (κ3) is 2.49. The number of carboxylic acid groups (broad SMARTS) is 1. The van der Waals surface area contributed by atoms with Crippen molar-refractivity contribution in [1.29, 1.82) is 0 Å². The van der Waals surface area contributed by atoms with Gasteiger partial charge in [0, 0.05) is 6.54 Å². The zero-order valence-corrected chi connectivity index (χ0v) is 9.63. The number of carbonyl (C=O) groups excluding carboxylic acids is 1. The van der Waals surface area contributed by atoms with Gasteiger partial charge in [-0.3, -0.25) is 9.59 Å². The Labute approximate surface area is 99.0 Å². The molecular weight excluding hydrogens is 222 g/mol. The van der Waals surface area contributed by atoms with Crippen LogP contribution >= 0.6 is 0 Å². The number of hydrogen-bond acceptors (Lipinski definition) is 3. The number of carboxylic acids is 1. The van der Waals surface area contributed by atoms with E-state index in [0.29, 0.717) is 25.3 Å². The van der Waals surface area contributed by atoms with Crippen molar-refractivity contribution in [2.24, 2.45) is 11.8 Å². The topological polar surface area (TPSA) is 70.8 Å². The van der Waals surface area contributed by atoms with Gasteiger partial charge in [-0.15, -0.1) is 0 Å². The van der Waals surface area contributed by atoms with Gasteiger partial charge in [-0.1, -0.05) is 0 Å². The van der Waals surface area contributed by atoms with Gasteiger partial charge in [0.2, 0.25) is 5.91 Å². The van der Waals surface area contributed by atoms with Crippen molar-refractivity contribution in [3.8, 4) is 0 Å². The summed E-state index contributed by atoms with van der Waals surface area (Å²) in [5.74, 6) is -1.09. The first-order chi connectivity index (χ1) is 8.13. The van der Waals surface area contributed by atoms with Crippen LogP contribution in [0.5, 0.6) is 0 Å². The number of furan rings is 1. The first-order valence-electron chi connectivity index (χ1n) is 5.67. The summed E-state index contributed by atoms with van der Waals surface area (Å²) in [5.41, 5.74) is 0. The molecule has 17 heavy (non-hydrogen) atoms. The summed E-state index contributed by atoms with van der Waals surface area (Å²) in [6.45, 7) is 2.84. The Bertz CT molecular complexity index is 412. The van der Waals surface area contributed by atoms with Crippen molar-refractivity contribution >= 4 is 11.9 Å². The Kier molecular flexibility index (Phi) is 3.17. The lowest BCUT2D eigenvalue weighted by Gasteiger charge is -2.19. The van der Waals surface area contributed by atoms with Crippen LogP contribution in [-0.4, -0.2) is 28.4 Å². The molecule has 5 nitrogen and oxygen atoms in total. The maximum absolute atomic E-state index is 12.0. The number of aliphatic carboxylic acids is 1. The molecule has 0 aromatic carbocycles. The normalized spacial score (nSPS) is 22.2. The highest BCUT2D eigenvalue weighted by Gasteiger charge is 2.49. The lowest BCUT2D eigenvalue weighted by atomic mass is 10.2. The SMILES string of the molecule is CCN(Cc1ccco1)C(=O)C1CC1C(=O)O. The van der Waals surface area contributed by atoms with E-state index in [-0.39, 0.29) is 11.8 Å². The molecule has 1 amide bonds. The number of hydrogen-bond donors (Lipinski definition) is 1. The molecular formula is C12H15NO4. The summed E-state index contributed by atoms with van der Waals surface area (Å²) in [4.78, 5) is 24.3. The minimum atomic E-state index is -0.877. The van der Waals surface area contributed by atoms with E-state index >= 15 is 0 Å². The molecule has 0 bridgehead atoms. The van der Waals surface area contributed by atoms with Crippen molar-refractivity contribution < 1.29 is 19.1 Å². The van der Waals surface area contributed by atoms with Crippen LogP contribution in [0.4, 0.5) is 0 Å². The van der Waals surface area contributed by atoms with E-state index in [4.69, 9.17) is 9.52 Å². The summed E-state index contributed by atoms with van der Waals surface area (Å²) in [7, 11) is 0. The Balaban J connectivity index is 1.95. The highest BCUT2D eigenvalue weighted by molar-refractivity contribution is 5.89. The van der Waals surface area contributed by atoms with E-state index in [1.54, 1.807) is 23.3 Å². The monoisotopic (exact) mass is 237 g/mol. The lowest BCUT2D eigenvalue weighted by Crippen LogP contribution is -2.32. The van der Waals surface area contributed by atoms with Crippen molar-refractivity contribution in [2.45, 2.75) is 19.9 Å². The lowest BCUT2D eigenvalue weighted by molar-refractivity contribution is -0.142. The molecule has 1 heterocycles. The minimum Gasteiger partial charge on any atom is -0.481 e. The standard InChI is InChI=1S/C12H15NO4/c1-2-13(7-8-4-3-5-17-8)11(14)9-6-10(9)12(15)16/h3-5,9-10H,2,6-7H2,1H3,(H,15,16). The predicted octanol–water partition coefficient (Wildman–Crippen LogP) is 1.35. The average Bonchev–Trinajstić information content (AvgIpc) is 2.96. The largest absolute Gasteiger partial charge is 0.481 e. The van der Waals surface area contributed by atoms with Crippen LogP contribution in [0.25, 0.3) is 0 Å². The fourth-order valence-electron chi connectivity index (χ4n) is 1.91. The molecule has 0 spiro atoms. The fourth-order valence-corrected chi connectivity index (χ4v) is 1.91. The van der Waals surface area contributed by atoms with Gasteiger partial charge < -0.3 is 14.4 Å². The summed E-state index contributed by atoms with van der Waals surface area (Å²) in [6.07, 6.45) is 2.02. The average molecular weight is 237 g/mol. The molecule has 2 rings (SSSR count). The van der Waals surface area contributed by atoms with E-state index in [0.717, 1.165) is 0 Å². The van der Waals surface area contributed by atoms with E-state index in [1.807, 2.05) is 6.92 Å². The molecule has 0 aliphatic heterocycles. The molecule has 1 saturated carbocycles. The Morgan fingerprint density at radius 2 is 2.29 bits per heavy atom. The Morgan fingerprint density at radius 3 is 2.76 bits per heavy atom. The zero-order valence-electron chi connectivity index (χ0n) is 9.63. The van der Waals surface area contributed by atoms with Gasteiger partial charge in [0.1, 0.15) is 5.76 Å². The summed E-state index contributed by atoms with van der Waals surface area (Å²) < 4.78 is 5.18. The molecule has 0 saturated heterocycles. The van der Waals surface area contributed by atoms with Crippen LogP contribution < -0.4 is 0 Å². The number of nitrogens with zero attached hydrogens (tertiary/aromatic N) is 1. The van der Waals surface area contributed by atoms with E-state index in [2.05, 4.69) is 0 Å². The third-order valence-electron chi connectivity index (χ3n) is 3.05. The predicted molar refractivity (Wildman–Crippen MR) is 59.0 cm³/mol. The van der Waals surface area contributed by atoms with Crippen LogP contribution in [0.3, 0.4) is 0 Å². The number of rotatable bonds is 5. The fraction of sp³-hybridized carbons (Fsp3) is 0.500. The van der Waals surface area contributed by atoms with Gasteiger partial charge in [-0.05, 0) is 25.5 Å². The second kappa shape index (κ2) is 4.61. The molecule has 1 fully saturated rings. The van der Waals surface area contributed by atoms with E-state index in [9.17, 15) is 9.59 Å². The number of amides is 1. The zero-order chi connectivity index (χ0) is 12.4. The van der Waals surface area contributed by atoms with Crippen LogP contribution in [0.15, 0.2) is 22.8 Å². The highest BCUT2D eigenvalue weighted by atomic mass is 16.4. The second-order valence-electron chi connectivity index (χ2n) is 4.22. The molecule has 2 unspecified atom stereocenters. The molecule has 2 atom stereocenters. The van der Waals surface area contributed by atoms with Crippen LogP contribution in [0.2, 0.25) is 0 Å². The second-order valence-corrected chi connectivity index (χ2v) is 4.22. The molecule has 0 radical (unpaired) electrons. The first kappa shape index (κ1) is 11.7. The summed E-state index contributed by atoms with van der Waals surface area (Å²) in [5, 5.41) is 8.79. The third-order valence-corrected chi connectivity index (χ3v) is 3.05. The molecule has 92 valence electrons. The highest BCUT2D eigenvalue weighted by Crippen LogP contribution is 2.40. The molecule has 1 aliphatic carbocycles. The van der Waals surface area contributed by atoms with Gasteiger partial charge >= 0.3 is 5.97 Å².